The summed E-state index contributed by atoms with van der Waals surface area (Å²) in [5.74, 6) is 0.687. The molecule has 174 valence electrons. The molecule has 0 amide bonds. The number of tetrazole rings is 1. The minimum atomic E-state index is -0.363. The number of aromatic nitrogens is 5. The van der Waals surface area contributed by atoms with Gasteiger partial charge in [0.15, 0.2) is 5.82 Å². The molecule has 0 spiro atoms. The standard InChI is InChI=1S/C26H28N6O2/c1-17-6-4-9-19-14-22(26(33)27-23(17)19)24(31-12-11-18-7-2-3-8-20(18)15-31)25-28-29-30-32(25)16-21-10-5-13-34-21/h2-4,6-9,14,21,24H,5,10-13,15-16H2,1H3,(H,27,33)/t21-,24+/m0/s1. The second-order valence-corrected chi connectivity index (χ2v) is 9.34. The molecule has 0 radical (unpaired) electrons. The van der Waals surface area contributed by atoms with E-state index in [1.165, 1.54) is 11.1 Å². The Morgan fingerprint density at radius 3 is 2.91 bits per heavy atom. The maximum Gasteiger partial charge on any atom is 0.253 e. The number of para-hydroxylation sites is 1. The lowest BCUT2D eigenvalue weighted by Crippen LogP contribution is -2.39. The second kappa shape index (κ2) is 8.77. The quantitative estimate of drug-likeness (QED) is 0.496. The van der Waals surface area contributed by atoms with Gasteiger partial charge in [0.05, 0.1) is 18.2 Å². The molecule has 2 aliphatic rings. The summed E-state index contributed by atoms with van der Waals surface area (Å²) in [5.41, 5.74) is 5.13. The van der Waals surface area contributed by atoms with E-state index >= 15 is 0 Å². The first-order valence-corrected chi connectivity index (χ1v) is 12.0. The number of nitrogens with zero attached hydrogens (tertiary/aromatic N) is 5. The molecule has 1 fully saturated rings. The molecule has 6 rings (SSSR count). The van der Waals surface area contributed by atoms with Gasteiger partial charge >= 0.3 is 0 Å². The molecular formula is C26H28N6O2. The lowest BCUT2D eigenvalue weighted by molar-refractivity contribution is 0.0904. The van der Waals surface area contributed by atoms with Crippen molar-refractivity contribution < 1.29 is 4.74 Å². The molecule has 0 bridgehead atoms. The summed E-state index contributed by atoms with van der Waals surface area (Å²) < 4.78 is 7.69. The Hall–Kier alpha value is -3.36. The molecule has 8 heteroatoms. The van der Waals surface area contributed by atoms with Gasteiger partial charge in [-0.1, -0.05) is 42.5 Å². The molecule has 2 aliphatic heterocycles. The van der Waals surface area contributed by atoms with Crippen LogP contribution in [0, 0.1) is 6.92 Å². The molecule has 34 heavy (non-hydrogen) atoms. The topological polar surface area (TPSA) is 88.9 Å². The Morgan fingerprint density at radius 1 is 1.18 bits per heavy atom. The summed E-state index contributed by atoms with van der Waals surface area (Å²) in [6.07, 6.45) is 3.07. The summed E-state index contributed by atoms with van der Waals surface area (Å²) in [4.78, 5) is 18.9. The highest BCUT2D eigenvalue weighted by Gasteiger charge is 2.33. The third kappa shape index (κ3) is 3.82. The van der Waals surface area contributed by atoms with Gasteiger partial charge in [0, 0.05) is 25.3 Å². The van der Waals surface area contributed by atoms with Crippen LogP contribution in [0.4, 0.5) is 0 Å². The van der Waals surface area contributed by atoms with E-state index < -0.39 is 0 Å². The zero-order valence-corrected chi connectivity index (χ0v) is 19.3. The summed E-state index contributed by atoms with van der Waals surface area (Å²) >= 11 is 0. The molecule has 0 aliphatic carbocycles. The van der Waals surface area contributed by atoms with Crippen LogP contribution in [0.2, 0.25) is 0 Å². The molecule has 4 aromatic rings. The predicted octanol–water partition coefficient (Wildman–Crippen LogP) is 3.15. The monoisotopic (exact) mass is 456 g/mol. The zero-order chi connectivity index (χ0) is 23.1. The summed E-state index contributed by atoms with van der Waals surface area (Å²) in [6, 6.07) is 16.2. The number of pyridine rings is 1. The van der Waals surface area contributed by atoms with Crippen LogP contribution in [0.3, 0.4) is 0 Å². The van der Waals surface area contributed by atoms with Gasteiger partial charge in [0.2, 0.25) is 0 Å². The van der Waals surface area contributed by atoms with Gasteiger partial charge in [-0.05, 0) is 64.8 Å². The van der Waals surface area contributed by atoms with Gasteiger partial charge in [0.25, 0.3) is 5.56 Å². The minimum Gasteiger partial charge on any atom is -0.376 e. The molecule has 0 unspecified atom stereocenters. The molecule has 8 nitrogen and oxygen atoms in total. The van der Waals surface area contributed by atoms with Crippen LogP contribution in [0.15, 0.2) is 53.3 Å². The van der Waals surface area contributed by atoms with Crippen LogP contribution in [0.1, 0.15) is 47.0 Å². The molecule has 4 heterocycles. The largest absolute Gasteiger partial charge is 0.376 e. The van der Waals surface area contributed by atoms with Crippen molar-refractivity contribution in [2.45, 2.75) is 51.4 Å². The SMILES string of the molecule is Cc1cccc2cc([C@H](c3nnnn3C[C@@H]3CCCO3)N3CCc4ccccc4C3)c(=O)[nH]c12. The van der Waals surface area contributed by atoms with Crippen LogP contribution in [-0.2, 0) is 24.2 Å². The first-order chi connectivity index (χ1) is 16.7. The highest BCUT2D eigenvalue weighted by molar-refractivity contribution is 5.82. The van der Waals surface area contributed by atoms with Gasteiger partial charge in [-0.25, -0.2) is 4.68 Å². The van der Waals surface area contributed by atoms with Crippen LogP contribution in [0.25, 0.3) is 10.9 Å². The number of ether oxygens (including phenoxy) is 1. The Morgan fingerprint density at radius 2 is 2.06 bits per heavy atom. The van der Waals surface area contributed by atoms with E-state index in [4.69, 9.17) is 4.74 Å². The highest BCUT2D eigenvalue weighted by Crippen LogP contribution is 2.32. The van der Waals surface area contributed by atoms with E-state index in [0.717, 1.165) is 55.4 Å². The van der Waals surface area contributed by atoms with Crippen molar-refractivity contribution in [1.82, 2.24) is 30.1 Å². The maximum absolute atomic E-state index is 13.5. The maximum atomic E-state index is 13.5. The van der Waals surface area contributed by atoms with Crippen molar-refractivity contribution in [2.75, 3.05) is 13.2 Å². The van der Waals surface area contributed by atoms with E-state index in [1.807, 2.05) is 35.9 Å². The average Bonchev–Trinajstić information content (AvgIpc) is 3.53. The Labute approximate surface area is 197 Å². The second-order valence-electron chi connectivity index (χ2n) is 9.34. The first kappa shape index (κ1) is 21.2. The molecule has 1 saturated heterocycles. The first-order valence-electron chi connectivity index (χ1n) is 12.0. The third-order valence-electron chi connectivity index (χ3n) is 7.14. The summed E-state index contributed by atoms with van der Waals surface area (Å²) in [5, 5.41) is 13.8. The van der Waals surface area contributed by atoms with E-state index in [1.54, 1.807) is 0 Å². The fourth-order valence-electron chi connectivity index (χ4n) is 5.36. The number of benzene rings is 2. The number of aromatic amines is 1. The highest BCUT2D eigenvalue weighted by atomic mass is 16.5. The molecule has 2 aromatic carbocycles. The van der Waals surface area contributed by atoms with Crippen molar-refractivity contribution in [3.05, 3.63) is 87.0 Å². The van der Waals surface area contributed by atoms with Crippen molar-refractivity contribution in [3.8, 4) is 0 Å². The van der Waals surface area contributed by atoms with Crippen LogP contribution < -0.4 is 5.56 Å². The number of H-pyrrole nitrogens is 1. The molecule has 2 aromatic heterocycles. The predicted molar refractivity (Wildman–Crippen MR) is 128 cm³/mol. The van der Waals surface area contributed by atoms with E-state index in [2.05, 4.69) is 49.7 Å². The minimum absolute atomic E-state index is 0.0996. The number of rotatable bonds is 5. The normalized spacial score (nSPS) is 19.4. The lowest BCUT2D eigenvalue weighted by atomic mass is 9.95. The Kier molecular flexibility index (Phi) is 5.47. The van der Waals surface area contributed by atoms with Crippen LogP contribution >= 0.6 is 0 Å². The number of hydrogen-bond donors (Lipinski definition) is 1. The molecule has 0 saturated carbocycles. The van der Waals surface area contributed by atoms with E-state index in [-0.39, 0.29) is 17.7 Å². The zero-order valence-electron chi connectivity index (χ0n) is 19.3. The van der Waals surface area contributed by atoms with Crippen molar-refractivity contribution in [1.29, 1.82) is 0 Å². The van der Waals surface area contributed by atoms with E-state index in [0.29, 0.717) is 17.9 Å². The van der Waals surface area contributed by atoms with Crippen molar-refractivity contribution in [3.63, 3.8) is 0 Å². The third-order valence-corrected chi connectivity index (χ3v) is 7.14. The van der Waals surface area contributed by atoms with Gasteiger partial charge in [-0.3, -0.25) is 9.69 Å². The van der Waals surface area contributed by atoms with Gasteiger partial charge in [-0.2, -0.15) is 0 Å². The van der Waals surface area contributed by atoms with Crippen molar-refractivity contribution >= 4 is 10.9 Å². The summed E-state index contributed by atoms with van der Waals surface area (Å²) in [6.45, 7) is 4.93. The Balaban J connectivity index is 1.47. The number of hydrogen-bond acceptors (Lipinski definition) is 6. The number of fused-ring (bicyclic) bond motifs is 2. The number of aryl methyl sites for hydroxylation is 1. The summed E-state index contributed by atoms with van der Waals surface area (Å²) in [7, 11) is 0. The van der Waals surface area contributed by atoms with E-state index in [9.17, 15) is 4.79 Å². The lowest BCUT2D eigenvalue weighted by Gasteiger charge is -2.35. The van der Waals surface area contributed by atoms with Gasteiger partial charge in [0.1, 0.15) is 6.04 Å². The van der Waals surface area contributed by atoms with Crippen LogP contribution in [-0.4, -0.2) is 49.3 Å². The number of nitrogens with one attached hydrogen (secondary N) is 1. The van der Waals surface area contributed by atoms with Gasteiger partial charge in [-0.15, -0.1) is 5.10 Å². The fraction of sp³-hybridized carbons (Fsp3) is 0.385. The molecule has 2 atom stereocenters. The Bertz CT molecular complexity index is 1390. The fourth-order valence-corrected chi connectivity index (χ4v) is 5.36. The van der Waals surface area contributed by atoms with Crippen LogP contribution in [0.5, 0.6) is 0 Å². The smallest absolute Gasteiger partial charge is 0.253 e. The van der Waals surface area contributed by atoms with Gasteiger partial charge < -0.3 is 9.72 Å². The average molecular weight is 457 g/mol. The van der Waals surface area contributed by atoms with Crippen molar-refractivity contribution in [2.24, 2.45) is 0 Å². The molecule has 1 N–H and O–H groups in total. The molecular weight excluding hydrogens is 428 g/mol.